The number of ether oxygens (including phenoxy) is 1. The van der Waals surface area contributed by atoms with E-state index in [0.717, 1.165) is 33.5 Å². The Bertz CT molecular complexity index is 900. The maximum Gasteiger partial charge on any atom is 0.231 e. The van der Waals surface area contributed by atoms with E-state index in [2.05, 4.69) is 21.2 Å². The summed E-state index contributed by atoms with van der Waals surface area (Å²) >= 11 is 1.65. The highest BCUT2D eigenvalue weighted by molar-refractivity contribution is 7.99. The van der Waals surface area contributed by atoms with Gasteiger partial charge in [-0.25, -0.2) is 10.1 Å². The van der Waals surface area contributed by atoms with Crippen molar-refractivity contribution in [2.75, 3.05) is 12.4 Å². The van der Waals surface area contributed by atoms with Crippen molar-refractivity contribution in [2.24, 2.45) is 0 Å². The lowest BCUT2D eigenvalue weighted by molar-refractivity contribution is 0.344. The minimum Gasteiger partial charge on any atom is -0.493 e. The van der Waals surface area contributed by atoms with Crippen LogP contribution in [0.4, 0.5) is 0 Å². The molecule has 1 N–H and O–H groups in total. The molecular weight excluding hydrogens is 296 g/mol. The van der Waals surface area contributed by atoms with Crippen molar-refractivity contribution in [1.29, 1.82) is 0 Å². The summed E-state index contributed by atoms with van der Waals surface area (Å²) in [6.45, 7) is 0.635. The first-order valence-corrected chi connectivity index (χ1v) is 8.02. The van der Waals surface area contributed by atoms with Gasteiger partial charge in [0.15, 0.2) is 5.16 Å². The third-order valence-corrected chi connectivity index (χ3v) is 4.23. The Kier molecular flexibility index (Phi) is 3.44. The number of imidazole rings is 1. The third-order valence-electron chi connectivity index (χ3n) is 3.33. The predicted octanol–water partition coefficient (Wildman–Crippen LogP) is 3.38. The highest BCUT2D eigenvalue weighted by Gasteiger charge is 2.11. The Morgan fingerprint density at radius 3 is 2.77 bits per heavy atom. The van der Waals surface area contributed by atoms with Gasteiger partial charge in [0.05, 0.1) is 17.6 Å². The zero-order valence-electron chi connectivity index (χ0n) is 11.8. The molecule has 4 rings (SSSR count). The second kappa shape index (κ2) is 5.73. The first-order valence-electron chi connectivity index (χ1n) is 7.04. The van der Waals surface area contributed by atoms with Crippen molar-refractivity contribution >= 4 is 28.6 Å². The number of hydrogen-bond acceptors (Lipinski definition) is 4. The van der Waals surface area contributed by atoms with Crippen LogP contribution in [0.15, 0.2) is 59.8 Å². The van der Waals surface area contributed by atoms with Gasteiger partial charge in [0.25, 0.3) is 0 Å². The number of nitrogens with zero attached hydrogens (tertiary/aromatic N) is 3. The minimum atomic E-state index is 0.635. The number of para-hydroxylation sites is 3. The molecule has 4 aromatic rings. The summed E-state index contributed by atoms with van der Waals surface area (Å²) in [5.74, 6) is 2.48. The summed E-state index contributed by atoms with van der Waals surface area (Å²) in [6.07, 6.45) is 0. The molecule has 0 amide bonds. The first-order chi connectivity index (χ1) is 10.9. The van der Waals surface area contributed by atoms with E-state index in [-0.39, 0.29) is 0 Å². The molecule has 0 saturated heterocycles. The van der Waals surface area contributed by atoms with Crippen molar-refractivity contribution in [1.82, 2.24) is 19.6 Å². The average molecular weight is 310 g/mol. The largest absolute Gasteiger partial charge is 0.493 e. The molecule has 2 aromatic heterocycles. The van der Waals surface area contributed by atoms with Crippen molar-refractivity contribution in [3.8, 4) is 5.75 Å². The number of thioether (sulfide) groups is 1. The monoisotopic (exact) mass is 310 g/mol. The molecule has 110 valence electrons. The van der Waals surface area contributed by atoms with E-state index >= 15 is 0 Å². The van der Waals surface area contributed by atoms with Crippen LogP contribution in [0.5, 0.6) is 5.75 Å². The Hall–Kier alpha value is -2.47. The van der Waals surface area contributed by atoms with Crippen LogP contribution >= 0.6 is 11.8 Å². The molecule has 0 unspecified atom stereocenters. The first kappa shape index (κ1) is 13.2. The van der Waals surface area contributed by atoms with E-state index in [1.54, 1.807) is 11.8 Å². The van der Waals surface area contributed by atoms with Crippen molar-refractivity contribution < 1.29 is 4.74 Å². The molecule has 0 radical (unpaired) electrons. The predicted molar refractivity (Wildman–Crippen MR) is 87.5 cm³/mol. The van der Waals surface area contributed by atoms with Crippen LogP contribution in [-0.2, 0) is 0 Å². The van der Waals surface area contributed by atoms with Gasteiger partial charge in [-0.3, -0.25) is 4.40 Å². The number of nitrogens with one attached hydrogen (secondary N) is 1. The summed E-state index contributed by atoms with van der Waals surface area (Å²) in [6, 6.07) is 17.9. The highest BCUT2D eigenvalue weighted by Crippen LogP contribution is 2.22. The fourth-order valence-corrected chi connectivity index (χ4v) is 3.12. The molecule has 0 aliphatic heterocycles. The number of fused-ring (bicyclic) bond motifs is 3. The minimum absolute atomic E-state index is 0.635. The second-order valence-corrected chi connectivity index (χ2v) is 5.84. The van der Waals surface area contributed by atoms with Crippen LogP contribution in [0.2, 0.25) is 0 Å². The molecular formula is C16H14N4OS. The third kappa shape index (κ3) is 2.42. The molecule has 0 saturated carbocycles. The van der Waals surface area contributed by atoms with Crippen LogP contribution in [0.3, 0.4) is 0 Å². The molecule has 22 heavy (non-hydrogen) atoms. The Balaban J connectivity index is 1.48. The topological polar surface area (TPSA) is 55.2 Å². The molecule has 2 aromatic carbocycles. The van der Waals surface area contributed by atoms with Crippen molar-refractivity contribution in [2.45, 2.75) is 5.16 Å². The second-order valence-electron chi connectivity index (χ2n) is 4.78. The lowest BCUT2D eigenvalue weighted by Gasteiger charge is -2.04. The summed E-state index contributed by atoms with van der Waals surface area (Å²) in [4.78, 5) is 4.51. The van der Waals surface area contributed by atoms with Crippen LogP contribution in [0.1, 0.15) is 0 Å². The van der Waals surface area contributed by atoms with Crippen LogP contribution < -0.4 is 4.74 Å². The van der Waals surface area contributed by atoms with Crippen molar-refractivity contribution in [3.05, 3.63) is 54.6 Å². The van der Waals surface area contributed by atoms with E-state index in [0.29, 0.717) is 6.61 Å². The zero-order valence-corrected chi connectivity index (χ0v) is 12.6. The molecule has 0 fully saturated rings. The number of hydrogen-bond donors (Lipinski definition) is 1. The van der Waals surface area contributed by atoms with E-state index in [9.17, 15) is 0 Å². The van der Waals surface area contributed by atoms with E-state index in [1.807, 2.05) is 52.9 Å². The average Bonchev–Trinajstić information content (AvgIpc) is 3.12. The number of rotatable bonds is 5. The lowest BCUT2D eigenvalue weighted by Crippen LogP contribution is -2.00. The quantitative estimate of drug-likeness (QED) is 0.453. The summed E-state index contributed by atoms with van der Waals surface area (Å²) < 4.78 is 7.75. The number of benzene rings is 2. The molecule has 6 heteroatoms. The molecule has 0 atom stereocenters. The standard InChI is InChI=1S/C16H14N4OS/c1-2-6-12(7-3-1)21-10-11-22-16-19-18-15-17-13-8-4-5-9-14(13)20(15)16/h1-9H,10-11H2,(H,17,18). The van der Waals surface area contributed by atoms with Crippen LogP contribution in [0.25, 0.3) is 16.8 Å². The maximum atomic E-state index is 5.70. The molecule has 0 aliphatic carbocycles. The van der Waals surface area contributed by atoms with Gasteiger partial charge in [-0.05, 0) is 24.3 Å². The van der Waals surface area contributed by atoms with Gasteiger partial charge in [0, 0.05) is 5.75 Å². The molecule has 5 nitrogen and oxygen atoms in total. The Labute approximate surface area is 131 Å². The molecule has 0 aliphatic rings. The van der Waals surface area contributed by atoms with Gasteiger partial charge in [-0.15, -0.1) is 5.10 Å². The summed E-state index contributed by atoms with van der Waals surface area (Å²) in [5.41, 5.74) is 2.04. The van der Waals surface area contributed by atoms with Crippen LogP contribution in [0, 0.1) is 0 Å². The SMILES string of the molecule is c1ccc(OCCSc2n[nH]c3nc4ccccc4n23)cc1. The van der Waals surface area contributed by atoms with E-state index < -0.39 is 0 Å². The van der Waals surface area contributed by atoms with Gasteiger partial charge in [0.2, 0.25) is 5.78 Å². The van der Waals surface area contributed by atoms with E-state index in [4.69, 9.17) is 4.74 Å². The van der Waals surface area contributed by atoms with Gasteiger partial charge in [-0.1, -0.05) is 42.1 Å². The van der Waals surface area contributed by atoms with Crippen molar-refractivity contribution in [3.63, 3.8) is 0 Å². The maximum absolute atomic E-state index is 5.70. The fourth-order valence-electron chi connectivity index (χ4n) is 2.35. The lowest BCUT2D eigenvalue weighted by atomic mass is 10.3. The van der Waals surface area contributed by atoms with Gasteiger partial charge < -0.3 is 4.74 Å². The number of aromatic nitrogens is 4. The van der Waals surface area contributed by atoms with Crippen LogP contribution in [-0.4, -0.2) is 31.9 Å². The fraction of sp³-hybridized carbons (Fsp3) is 0.125. The molecule has 0 bridgehead atoms. The number of H-pyrrole nitrogens is 1. The van der Waals surface area contributed by atoms with Gasteiger partial charge >= 0.3 is 0 Å². The summed E-state index contributed by atoms with van der Waals surface area (Å²) in [7, 11) is 0. The molecule has 0 spiro atoms. The highest BCUT2D eigenvalue weighted by atomic mass is 32.2. The van der Waals surface area contributed by atoms with E-state index in [1.165, 1.54) is 0 Å². The summed E-state index contributed by atoms with van der Waals surface area (Å²) in [5, 5.41) is 8.21. The Morgan fingerprint density at radius 2 is 1.86 bits per heavy atom. The molecule has 2 heterocycles. The smallest absolute Gasteiger partial charge is 0.231 e. The number of aromatic amines is 1. The Morgan fingerprint density at radius 1 is 1.05 bits per heavy atom. The van der Waals surface area contributed by atoms with Gasteiger partial charge in [-0.2, -0.15) is 0 Å². The normalized spacial score (nSPS) is 11.3. The van der Waals surface area contributed by atoms with Gasteiger partial charge in [0.1, 0.15) is 5.75 Å². The zero-order chi connectivity index (χ0) is 14.8.